The van der Waals surface area contributed by atoms with Gasteiger partial charge in [-0.2, -0.15) is 10.5 Å². The number of nitriles is 2. The van der Waals surface area contributed by atoms with Crippen molar-refractivity contribution >= 4 is 29.2 Å². The predicted octanol–water partition coefficient (Wildman–Crippen LogP) is 4.48. The van der Waals surface area contributed by atoms with E-state index >= 15 is 0 Å². The average Bonchev–Trinajstić information content (AvgIpc) is 3.27. The molecule has 3 aromatic rings. The molecule has 0 bridgehead atoms. The Morgan fingerprint density at radius 3 is 2.57 bits per heavy atom. The topological polar surface area (TPSA) is 129 Å². The van der Waals surface area contributed by atoms with Gasteiger partial charge in [-0.15, -0.1) is 0 Å². The fraction of sp³-hybridized carbons (Fsp3) is 0.182. The molecule has 0 aliphatic heterocycles. The third kappa shape index (κ3) is 4.14. The fourth-order valence-electron chi connectivity index (χ4n) is 2.93. The minimum absolute atomic E-state index is 0.0143. The van der Waals surface area contributed by atoms with Crippen LogP contribution < -0.4 is 11.1 Å². The Labute approximate surface area is 178 Å². The SMILES string of the molecule is CCC(Sc1nc(N)c(C#N)c(-c2ccco2)c1C#N)C(=O)Nc1ccccc1C. The summed E-state index contributed by atoms with van der Waals surface area (Å²) in [7, 11) is 0. The summed E-state index contributed by atoms with van der Waals surface area (Å²) in [6, 6.07) is 14.9. The Balaban J connectivity index is 1.99. The van der Waals surface area contributed by atoms with E-state index in [1.165, 1.54) is 6.26 Å². The Kier molecular flexibility index (Phi) is 6.41. The monoisotopic (exact) mass is 417 g/mol. The van der Waals surface area contributed by atoms with Crippen LogP contribution in [0.3, 0.4) is 0 Å². The van der Waals surface area contributed by atoms with Crippen LogP contribution in [-0.2, 0) is 4.79 Å². The van der Waals surface area contributed by atoms with Gasteiger partial charge in [0.25, 0.3) is 0 Å². The molecule has 0 aliphatic carbocycles. The zero-order chi connectivity index (χ0) is 21.7. The smallest absolute Gasteiger partial charge is 0.237 e. The first-order chi connectivity index (χ1) is 14.5. The summed E-state index contributed by atoms with van der Waals surface area (Å²) in [5, 5.41) is 22.0. The molecule has 2 heterocycles. The number of furan rings is 1. The third-order valence-corrected chi connectivity index (χ3v) is 5.85. The van der Waals surface area contributed by atoms with Crippen molar-refractivity contribution in [1.29, 1.82) is 10.5 Å². The maximum absolute atomic E-state index is 12.9. The van der Waals surface area contributed by atoms with E-state index in [-0.39, 0.29) is 33.4 Å². The number of para-hydroxylation sites is 1. The second-order valence-electron chi connectivity index (χ2n) is 6.45. The normalized spacial score (nSPS) is 11.3. The Hall–Kier alpha value is -3.75. The van der Waals surface area contributed by atoms with Crippen LogP contribution in [0.4, 0.5) is 11.5 Å². The van der Waals surface area contributed by atoms with Gasteiger partial charge in [0.1, 0.15) is 34.3 Å². The van der Waals surface area contributed by atoms with Gasteiger partial charge >= 0.3 is 0 Å². The zero-order valence-electron chi connectivity index (χ0n) is 16.5. The van der Waals surface area contributed by atoms with Gasteiger partial charge in [-0.25, -0.2) is 4.98 Å². The number of nitrogens with one attached hydrogen (secondary N) is 1. The number of carbonyl (C=O) groups excluding carboxylic acids is 1. The molecular formula is C22H19N5O2S. The van der Waals surface area contributed by atoms with Crippen LogP contribution >= 0.6 is 11.8 Å². The number of hydrogen-bond acceptors (Lipinski definition) is 7. The number of aryl methyl sites for hydroxylation is 1. The Morgan fingerprint density at radius 1 is 1.23 bits per heavy atom. The van der Waals surface area contributed by atoms with Gasteiger partial charge in [-0.1, -0.05) is 36.9 Å². The van der Waals surface area contributed by atoms with Crippen LogP contribution in [0.25, 0.3) is 11.3 Å². The van der Waals surface area contributed by atoms with E-state index in [1.807, 2.05) is 44.2 Å². The molecule has 0 radical (unpaired) electrons. The highest BCUT2D eigenvalue weighted by Gasteiger charge is 2.26. The Bertz CT molecular complexity index is 1160. The maximum atomic E-state index is 12.9. The third-order valence-electron chi connectivity index (χ3n) is 4.50. The highest BCUT2D eigenvalue weighted by molar-refractivity contribution is 8.00. The van der Waals surface area contributed by atoms with Gasteiger partial charge in [-0.3, -0.25) is 4.79 Å². The van der Waals surface area contributed by atoms with Crippen molar-refractivity contribution in [3.63, 3.8) is 0 Å². The first kappa shape index (κ1) is 21.0. The van der Waals surface area contributed by atoms with Gasteiger partial charge < -0.3 is 15.5 Å². The van der Waals surface area contributed by atoms with Crippen molar-refractivity contribution in [2.24, 2.45) is 0 Å². The number of aromatic nitrogens is 1. The zero-order valence-corrected chi connectivity index (χ0v) is 17.3. The number of anilines is 2. The number of thioether (sulfide) groups is 1. The molecule has 150 valence electrons. The number of hydrogen-bond donors (Lipinski definition) is 2. The van der Waals surface area contributed by atoms with E-state index in [9.17, 15) is 15.3 Å². The quantitative estimate of drug-likeness (QED) is 0.565. The van der Waals surface area contributed by atoms with E-state index in [4.69, 9.17) is 10.2 Å². The first-order valence-corrected chi connectivity index (χ1v) is 10.1. The van der Waals surface area contributed by atoms with Crippen LogP contribution in [0, 0.1) is 29.6 Å². The molecule has 3 rings (SSSR count). The van der Waals surface area contributed by atoms with Crippen molar-refractivity contribution in [2.45, 2.75) is 30.5 Å². The summed E-state index contributed by atoms with van der Waals surface area (Å²) in [4.78, 5) is 17.1. The Morgan fingerprint density at radius 2 is 1.97 bits per heavy atom. The number of nitrogens with two attached hydrogens (primary N) is 1. The van der Waals surface area contributed by atoms with E-state index in [1.54, 1.807) is 12.1 Å². The second kappa shape index (κ2) is 9.17. The number of nitrogens with zero attached hydrogens (tertiary/aromatic N) is 3. The number of pyridine rings is 1. The summed E-state index contributed by atoms with van der Waals surface area (Å²) < 4.78 is 5.41. The molecule has 30 heavy (non-hydrogen) atoms. The molecule has 0 aliphatic rings. The second-order valence-corrected chi connectivity index (χ2v) is 7.64. The van der Waals surface area contributed by atoms with Gasteiger partial charge in [0, 0.05) is 5.69 Å². The number of rotatable bonds is 6. The highest BCUT2D eigenvalue weighted by Crippen LogP contribution is 2.37. The van der Waals surface area contributed by atoms with Crippen LogP contribution in [0.1, 0.15) is 30.0 Å². The summed E-state index contributed by atoms with van der Waals surface area (Å²) in [6.07, 6.45) is 1.95. The molecule has 7 nitrogen and oxygen atoms in total. The van der Waals surface area contributed by atoms with Gasteiger partial charge in [0.15, 0.2) is 0 Å². The lowest BCUT2D eigenvalue weighted by molar-refractivity contribution is -0.115. The molecule has 1 unspecified atom stereocenters. The minimum atomic E-state index is -0.513. The molecule has 1 atom stereocenters. The maximum Gasteiger partial charge on any atom is 0.237 e. The fourth-order valence-corrected chi connectivity index (χ4v) is 3.95. The molecule has 0 saturated heterocycles. The number of nitrogen functional groups attached to an aromatic ring is 1. The van der Waals surface area contributed by atoms with E-state index in [2.05, 4.69) is 16.4 Å². The standard InChI is InChI=1S/C22H19N5O2S/c1-3-18(21(28)26-16-8-5-4-7-13(16)2)30-22-15(12-24)19(17-9-6-10-29-17)14(11-23)20(25)27-22/h4-10,18H,3H2,1-2H3,(H2,25,27)(H,26,28). The first-order valence-electron chi connectivity index (χ1n) is 9.20. The molecule has 1 aromatic carbocycles. The van der Waals surface area contributed by atoms with Crippen LogP contribution in [0.5, 0.6) is 0 Å². The van der Waals surface area contributed by atoms with Gasteiger partial charge in [0.05, 0.1) is 22.6 Å². The van der Waals surface area contributed by atoms with Crippen molar-refractivity contribution in [2.75, 3.05) is 11.1 Å². The van der Waals surface area contributed by atoms with Crippen LogP contribution in [-0.4, -0.2) is 16.1 Å². The van der Waals surface area contributed by atoms with Crippen LogP contribution in [0.15, 0.2) is 52.1 Å². The summed E-state index contributed by atoms with van der Waals surface area (Å²) in [5.74, 6) is 0.126. The molecule has 8 heteroatoms. The number of carbonyl (C=O) groups is 1. The predicted molar refractivity (Wildman–Crippen MR) is 116 cm³/mol. The summed E-state index contributed by atoms with van der Waals surface area (Å²) in [5.41, 5.74) is 8.19. The van der Waals surface area contributed by atoms with Crippen molar-refractivity contribution in [1.82, 2.24) is 4.98 Å². The van der Waals surface area contributed by atoms with Gasteiger partial charge in [-0.05, 0) is 37.1 Å². The van der Waals surface area contributed by atoms with E-state index in [0.29, 0.717) is 12.2 Å². The van der Waals surface area contributed by atoms with Crippen molar-refractivity contribution in [3.05, 3.63) is 59.4 Å². The van der Waals surface area contributed by atoms with Crippen molar-refractivity contribution < 1.29 is 9.21 Å². The summed E-state index contributed by atoms with van der Waals surface area (Å²) in [6.45, 7) is 3.79. The summed E-state index contributed by atoms with van der Waals surface area (Å²) >= 11 is 1.14. The average molecular weight is 417 g/mol. The van der Waals surface area contributed by atoms with Gasteiger partial charge in [0.2, 0.25) is 5.91 Å². The van der Waals surface area contributed by atoms with Crippen molar-refractivity contribution in [3.8, 4) is 23.5 Å². The molecule has 1 amide bonds. The largest absolute Gasteiger partial charge is 0.464 e. The van der Waals surface area contributed by atoms with Crippen LogP contribution in [0.2, 0.25) is 0 Å². The van der Waals surface area contributed by atoms with E-state index in [0.717, 1.165) is 23.0 Å². The lowest BCUT2D eigenvalue weighted by Gasteiger charge is -2.17. The molecule has 2 aromatic heterocycles. The number of benzene rings is 1. The molecular weight excluding hydrogens is 398 g/mol. The molecule has 3 N–H and O–H groups in total. The molecule has 0 fully saturated rings. The number of amides is 1. The minimum Gasteiger partial charge on any atom is -0.464 e. The highest BCUT2D eigenvalue weighted by atomic mass is 32.2. The van der Waals surface area contributed by atoms with E-state index < -0.39 is 5.25 Å². The molecule has 0 spiro atoms. The molecule has 0 saturated carbocycles. The lowest BCUT2D eigenvalue weighted by atomic mass is 10.0. The lowest BCUT2D eigenvalue weighted by Crippen LogP contribution is -2.25.